The Labute approximate surface area is 194 Å². The quantitative estimate of drug-likeness (QED) is 0.381. The molecule has 0 spiro atoms. The van der Waals surface area contributed by atoms with Gasteiger partial charge in [0.15, 0.2) is 0 Å². The van der Waals surface area contributed by atoms with E-state index in [1.54, 1.807) is 29.9 Å². The van der Waals surface area contributed by atoms with Crippen molar-refractivity contribution in [3.63, 3.8) is 0 Å². The standard InChI is InChI=1S/C23H24ClN5O4/c1-15-4-5-17(12-25-15)14-33-22-26-20-19(29(22)13-16-6-8-18(24)9-7-16)21(31)28(10-3-11-30)23(32)27(20)2/h4-9,12,30H,3,10-11,13-14H2,1-2H3/p+1. The fraction of sp³-hybridized carbons (Fsp3) is 0.304. The number of hydrogen-bond acceptors (Lipinski definition) is 5. The number of halogens is 1. The highest BCUT2D eigenvalue weighted by Crippen LogP contribution is 2.15. The highest BCUT2D eigenvalue weighted by atomic mass is 35.5. The Bertz CT molecular complexity index is 1390. The lowest BCUT2D eigenvalue weighted by molar-refractivity contribution is -0.669. The number of aliphatic hydroxyl groups excluding tert-OH is 1. The van der Waals surface area contributed by atoms with Crippen molar-refractivity contribution >= 4 is 22.8 Å². The number of imidazole rings is 1. The van der Waals surface area contributed by atoms with Crippen molar-refractivity contribution in [2.45, 2.75) is 33.0 Å². The van der Waals surface area contributed by atoms with E-state index in [4.69, 9.17) is 16.3 Å². The van der Waals surface area contributed by atoms with E-state index >= 15 is 0 Å². The molecule has 0 atom stereocenters. The summed E-state index contributed by atoms with van der Waals surface area (Å²) in [7, 11) is 1.59. The van der Waals surface area contributed by atoms with Crippen LogP contribution in [0.15, 0.2) is 52.2 Å². The van der Waals surface area contributed by atoms with Gasteiger partial charge in [0.1, 0.15) is 13.2 Å². The molecule has 0 aliphatic carbocycles. The highest BCUT2D eigenvalue weighted by molar-refractivity contribution is 6.30. The van der Waals surface area contributed by atoms with Crippen LogP contribution in [-0.2, 0) is 26.7 Å². The molecule has 0 radical (unpaired) electrons. The van der Waals surface area contributed by atoms with Crippen LogP contribution in [0.2, 0.25) is 5.02 Å². The summed E-state index contributed by atoms with van der Waals surface area (Å²) in [5, 5.41) is 9.80. The molecule has 10 heteroatoms. The van der Waals surface area contributed by atoms with E-state index < -0.39 is 11.2 Å². The fourth-order valence-electron chi connectivity index (χ4n) is 3.61. The molecule has 0 unspecified atom stereocenters. The van der Waals surface area contributed by atoms with E-state index in [9.17, 15) is 14.7 Å². The zero-order valence-corrected chi connectivity index (χ0v) is 19.2. The molecule has 9 nitrogen and oxygen atoms in total. The molecule has 3 heterocycles. The number of rotatable bonds is 8. The molecule has 0 aliphatic heterocycles. The molecule has 0 saturated heterocycles. The monoisotopic (exact) mass is 470 g/mol. The van der Waals surface area contributed by atoms with Gasteiger partial charge in [0.25, 0.3) is 11.2 Å². The van der Waals surface area contributed by atoms with E-state index in [0.717, 1.165) is 21.4 Å². The van der Waals surface area contributed by atoms with E-state index in [1.165, 1.54) is 4.57 Å². The molecule has 172 valence electrons. The second kappa shape index (κ2) is 9.60. The molecular weight excluding hydrogens is 446 g/mol. The Kier molecular flexibility index (Phi) is 6.62. The average molecular weight is 471 g/mol. The van der Waals surface area contributed by atoms with Gasteiger partial charge in [-0.2, -0.15) is 9.55 Å². The van der Waals surface area contributed by atoms with Crippen molar-refractivity contribution < 1.29 is 14.4 Å². The average Bonchev–Trinajstić information content (AvgIpc) is 3.17. The predicted octanol–water partition coefficient (Wildman–Crippen LogP) is 1.68. The largest absolute Gasteiger partial charge is 0.456 e. The number of ether oxygens (including phenoxy) is 1. The Morgan fingerprint density at radius 2 is 1.88 bits per heavy atom. The summed E-state index contributed by atoms with van der Waals surface area (Å²) in [4.78, 5) is 33.5. The third-order valence-corrected chi connectivity index (χ3v) is 5.66. The van der Waals surface area contributed by atoms with Crippen molar-refractivity contribution in [2.75, 3.05) is 6.61 Å². The SMILES string of the molecule is Cc1ccc(COc2[nH]c3c(c(=O)n(CCCO)c(=O)n3C)[n+]2Cc2ccc(Cl)cc2)cn1. The van der Waals surface area contributed by atoms with E-state index in [0.29, 0.717) is 35.2 Å². The number of H-pyrrole nitrogens is 1. The van der Waals surface area contributed by atoms with Gasteiger partial charge in [0.2, 0.25) is 0 Å². The third-order valence-electron chi connectivity index (χ3n) is 5.41. The van der Waals surface area contributed by atoms with E-state index in [1.807, 2.05) is 31.2 Å². The Hall–Kier alpha value is -3.43. The maximum absolute atomic E-state index is 13.3. The van der Waals surface area contributed by atoms with Crippen LogP contribution < -0.4 is 20.6 Å². The lowest BCUT2D eigenvalue weighted by atomic mass is 10.2. The number of aromatic nitrogens is 5. The van der Waals surface area contributed by atoms with Gasteiger partial charge in [0, 0.05) is 42.7 Å². The number of hydrogen-bond donors (Lipinski definition) is 2. The minimum absolute atomic E-state index is 0.120. The van der Waals surface area contributed by atoms with E-state index in [2.05, 4.69) is 9.97 Å². The van der Waals surface area contributed by atoms with Crippen LogP contribution in [0.25, 0.3) is 11.2 Å². The normalized spacial score (nSPS) is 11.3. The zero-order valence-electron chi connectivity index (χ0n) is 18.4. The Morgan fingerprint density at radius 1 is 1.15 bits per heavy atom. The van der Waals surface area contributed by atoms with Gasteiger partial charge in [-0.05, 0) is 37.1 Å². The molecule has 0 aliphatic rings. The Morgan fingerprint density at radius 3 is 2.55 bits per heavy atom. The maximum Gasteiger partial charge on any atom is 0.456 e. The van der Waals surface area contributed by atoms with Gasteiger partial charge in [-0.1, -0.05) is 29.8 Å². The Balaban J connectivity index is 1.83. The lowest BCUT2D eigenvalue weighted by Crippen LogP contribution is -2.45. The number of aliphatic hydroxyl groups is 1. The lowest BCUT2D eigenvalue weighted by Gasteiger charge is -2.07. The van der Waals surface area contributed by atoms with E-state index in [-0.39, 0.29) is 19.8 Å². The molecular formula is C23H25ClN5O4+. The smallest absolute Gasteiger partial charge is 0.426 e. The number of nitrogens with zero attached hydrogens (tertiary/aromatic N) is 4. The first kappa shape index (κ1) is 22.8. The van der Waals surface area contributed by atoms with Crippen molar-refractivity contribution in [3.05, 3.63) is 85.3 Å². The van der Waals surface area contributed by atoms with Crippen molar-refractivity contribution in [1.82, 2.24) is 19.1 Å². The first-order valence-electron chi connectivity index (χ1n) is 10.5. The first-order chi connectivity index (χ1) is 15.9. The van der Waals surface area contributed by atoms with Crippen molar-refractivity contribution in [2.24, 2.45) is 7.05 Å². The molecule has 1 aromatic carbocycles. The van der Waals surface area contributed by atoms with Crippen LogP contribution in [0.3, 0.4) is 0 Å². The minimum atomic E-state index is -0.463. The predicted molar refractivity (Wildman–Crippen MR) is 124 cm³/mol. The molecule has 4 aromatic rings. The van der Waals surface area contributed by atoms with Crippen LogP contribution in [0.5, 0.6) is 6.01 Å². The fourth-order valence-corrected chi connectivity index (χ4v) is 3.73. The summed E-state index contributed by atoms with van der Waals surface area (Å²) < 4.78 is 10.3. The first-order valence-corrected chi connectivity index (χ1v) is 10.9. The van der Waals surface area contributed by atoms with Crippen molar-refractivity contribution in [1.29, 1.82) is 0 Å². The van der Waals surface area contributed by atoms with Gasteiger partial charge in [-0.15, -0.1) is 0 Å². The summed E-state index contributed by atoms with van der Waals surface area (Å²) in [6.07, 6.45) is 2.03. The van der Waals surface area contributed by atoms with Gasteiger partial charge < -0.3 is 9.84 Å². The van der Waals surface area contributed by atoms with Gasteiger partial charge >= 0.3 is 17.3 Å². The second-order valence-corrected chi connectivity index (χ2v) is 8.25. The third kappa shape index (κ3) is 4.69. The number of aryl methyl sites for hydroxylation is 2. The molecule has 0 fully saturated rings. The van der Waals surface area contributed by atoms with Crippen molar-refractivity contribution in [3.8, 4) is 6.01 Å². The van der Waals surface area contributed by atoms with Gasteiger partial charge in [-0.3, -0.25) is 18.9 Å². The van der Waals surface area contributed by atoms with Crippen LogP contribution in [0, 0.1) is 6.92 Å². The summed E-state index contributed by atoms with van der Waals surface area (Å²) in [6, 6.07) is 11.5. The number of pyridine rings is 1. The minimum Gasteiger partial charge on any atom is -0.426 e. The molecule has 33 heavy (non-hydrogen) atoms. The molecule has 0 bridgehead atoms. The van der Waals surface area contributed by atoms with Crippen LogP contribution in [0.4, 0.5) is 0 Å². The topological polar surface area (TPSA) is 106 Å². The molecule has 2 N–H and O–H groups in total. The van der Waals surface area contributed by atoms with Crippen LogP contribution in [0.1, 0.15) is 23.2 Å². The summed E-state index contributed by atoms with van der Waals surface area (Å²) in [5.74, 6) is 0. The molecule has 0 saturated carbocycles. The zero-order chi connectivity index (χ0) is 23.5. The van der Waals surface area contributed by atoms with Crippen LogP contribution >= 0.6 is 11.6 Å². The summed E-state index contributed by atoms with van der Waals surface area (Å²) in [5.41, 5.74) is 2.43. The maximum atomic E-state index is 13.3. The molecule has 3 aromatic heterocycles. The highest BCUT2D eigenvalue weighted by Gasteiger charge is 2.28. The number of benzene rings is 1. The summed E-state index contributed by atoms with van der Waals surface area (Å²) >= 11 is 6.03. The van der Waals surface area contributed by atoms with Gasteiger partial charge in [-0.25, -0.2) is 4.79 Å². The van der Waals surface area contributed by atoms with Crippen LogP contribution in [-0.4, -0.2) is 30.8 Å². The number of aromatic amines is 1. The second-order valence-electron chi connectivity index (χ2n) is 7.81. The van der Waals surface area contributed by atoms with Gasteiger partial charge in [0.05, 0.1) is 0 Å². The molecule has 4 rings (SSSR count). The summed E-state index contributed by atoms with van der Waals surface area (Å²) in [6.45, 7) is 2.46. The number of nitrogens with one attached hydrogen (secondary N) is 1. The number of fused-ring (bicyclic) bond motifs is 1. The molecule has 0 amide bonds.